The third-order valence-electron chi connectivity index (χ3n) is 3.23. The van der Waals surface area contributed by atoms with Gasteiger partial charge in [0.1, 0.15) is 0 Å². The Kier molecular flexibility index (Phi) is 3.66. The molecule has 92 valence electrons. The zero-order chi connectivity index (χ0) is 11.6. The van der Waals surface area contributed by atoms with Crippen molar-refractivity contribution in [3.63, 3.8) is 0 Å². The number of rotatable bonds is 4. The van der Waals surface area contributed by atoms with Crippen molar-refractivity contribution in [1.82, 2.24) is 10.6 Å². The molecule has 0 bridgehead atoms. The molecular weight excluding hydrogens is 224 g/mol. The minimum absolute atomic E-state index is 0.00130. The van der Waals surface area contributed by atoms with Gasteiger partial charge in [-0.3, -0.25) is 0 Å². The lowest BCUT2D eigenvalue weighted by Gasteiger charge is -2.21. The van der Waals surface area contributed by atoms with Gasteiger partial charge in [-0.2, -0.15) is 0 Å². The van der Waals surface area contributed by atoms with Crippen LogP contribution in [0.25, 0.3) is 0 Å². The molecule has 0 saturated carbocycles. The van der Waals surface area contributed by atoms with Crippen LogP contribution in [0.15, 0.2) is 11.5 Å². The van der Waals surface area contributed by atoms with Gasteiger partial charge in [0.2, 0.25) is 0 Å². The molecule has 2 N–H and O–H groups in total. The Morgan fingerprint density at radius 1 is 1.56 bits per heavy atom. The second-order valence-electron chi connectivity index (χ2n) is 4.86. The monoisotopic (exact) mass is 244 g/mol. The highest BCUT2D eigenvalue weighted by atomic mass is 32.2. The van der Waals surface area contributed by atoms with E-state index in [4.69, 9.17) is 0 Å². The van der Waals surface area contributed by atoms with Crippen molar-refractivity contribution >= 4 is 9.84 Å². The Hall–Kier alpha value is -0.390. The summed E-state index contributed by atoms with van der Waals surface area (Å²) in [5.74, 6) is 0.218. The van der Waals surface area contributed by atoms with Gasteiger partial charge in [-0.05, 0) is 32.7 Å². The molecular formula is C11H20N2O2S. The molecule has 0 spiro atoms. The van der Waals surface area contributed by atoms with Gasteiger partial charge in [-0.25, -0.2) is 8.42 Å². The van der Waals surface area contributed by atoms with Crippen LogP contribution < -0.4 is 10.6 Å². The summed E-state index contributed by atoms with van der Waals surface area (Å²) in [6.07, 6.45) is 5.33. The van der Waals surface area contributed by atoms with Crippen LogP contribution in [0.3, 0.4) is 0 Å². The van der Waals surface area contributed by atoms with Crippen LogP contribution in [0, 0.1) is 0 Å². The third-order valence-corrected chi connectivity index (χ3v) is 4.62. The summed E-state index contributed by atoms with van der Waals surface area (Å²) in [5, 5.41) is 8.13. The van der Waals surface area contributed by atoms with E-state index in [9.17, 15) is 8.42 Å². The first-order valence-electron chi connectivity index (χ1n) is 5.95. The van der Waals surface area contributed by atoms with E-state index in [-0.39, 0.29) is 11.8 Å². The lowest BCUT2D eigenvalue weighted by Crippen LogP contribution is -2.40. The maximum absolute atomic E-state index is 11.2. The van der Waals surface area contributed by atoms with Crippen molar-refractivity contribution in [2.24, 2.45) is 0 Å². The molecule has 2 heterocycles. The van der Waals surface area contributed by atoms with Crippen LogP contribution in [0.5, 0.6) is 0 Å². The molecule has 0 radical (unpaired) electrons. The molecule has 2 rings (SSSR count). The van der Waals surface area contributed by atoms with E-state index in [0.29, 0.717) is 12.1 Å². The second kappa shape index (κ2) is 4.85. The van der Waals surface area contributed by atoms with Gasteiger partial charge < -0.3 is 10.6 Å². The minimum atomic E-state index is -2.93. The summed E-state index contributed by atoms with van der Waals surface area (Å²) in [5.41, 5.74) is 0. The molecule has 3 unspecified atom stereocenters. The van der Waals surface area contributed by atoms with Crippen LogP contribution in [0.1, 0.15) is 26.2 Å². The third kappa shape index (κ3) is 3.30. The molecule has 3 atom stereocenters. The number of hydrogen-bond donors (Lipinski definition) is 2. The van der Waals surface area contributed by atoms with Crippen molar-refractivity contribution < 1.29 is 8.42 Å². The number of hydrogen-bond acceptors (Lipinski definition) is 4. The number of nitrogens with one attached hydrogen (secondary N) is 2. The molecule has 0 aromatic heterocycles. The van der Waals surface area contributed by atoms with Crippen LogP contribution in [0.4, 0.5) is 0 Å². The molecule has 2 aliphatic heterocycles. The Balaban J connectivity index is 1.75. The van der Waals surface area contributed by atoms with Gasteiger partial charge in [-0.1, -0.05) is 6.08 Å². The first-order chi connectivity index (χ1) is 7.55. The van der Waals surface area contributed by atoms with E-state index in [1.807, 2.05) is 0 Å². The molecule has 2 aliphatic rings. The minimum Gasteiger partial charge on any atom is -0.314 e. The smallest absolute Gasteiger partial charge is 0.173 e. The van der Waals surface area contributed by atoms with Gasteiger partial charge in [0.15, 0.2) is 9.84 Å². The normalized spacial score (nSPS) is 34.3. The first kappa shape index (κ1) is 12.1. The van der Waals surface area contributed by atoms with E-state index in [0.717, 1.165) is 13.0 Å². The molecule has 0 amide bonds. The molecule has 5 heteroatoms. The zero-order valence-electron chi connectivity index (χ0n) is 9.65. The average molecular weight is 244 g/mol. The molecule has 4 nitrogen and oxygen atoms in total. The Bertz CT molecular complexity index is 358. The zero-order valence-corrected chi connectivity index (χ0v) is 10.5. The second-order valence-corrected chi connectivity index (χ2v) is 6.79. The maximum atomic E-state index is 11.2. The maximum Gasteiger partial charge on any atom is 0.173 e. The first-order valence-corrected chi connectivity index (χ1v) is 7.67. The summed E-state index contributed by atoms with van der Waals surface area (Å²) < 4.78 is 22.5. The summed E-state index contributed by atoms with van der Waals surface area (Å²) in [6.45, 7) is 3.24. The van der Waals surface area contributed by atoms with E-state index < -0.39 is 9.84 Å². The van der Waals surface area contributed by atoms with Gasteiger partial charge in [-0.15, -0.1) is 0 Å². The predicted octanol–water partition coefficient (Wildman–Crippen LogP) is 0.417. The van der Waals surface area contributed by atoms with E-state index in [1.165, 1.54) is 18.2 Å². The molecule has 0 aromatic rings. The van der Waals surface area contributed by atoms with Crippen molar-refractivity contribution in [1.29, 1.82) is 0 Å². The highest BCUT2D eigenvalue weighted by Gasteiger charge is 2.24. The standard InChI is InChI=1S/C11H20N2O2S/c1-9(7-10-3-2-5-12-10)13-11-4-6-16(14,15)8-11/h4,6,9-13H,2-3,5,7-8H2,1H3. The average Bonchev–Trinajstić information content (AvgIpc) is 2.76. The van der Waals surface area contributed by atoms with Crippen LogP contribution >= 0.6 is 0 Å². The summed E-state index contributed by atoms with van der Waals surface area (Å²) in [7, 11) is -2.93. The SMILES string of the molecule is CC(CC1CCCN1)NC1C=CS(=O)(=O)C1. The van der Waals surface area contributed by atoms with Crippen LogP contribution in [0.2, 0.25) is 0 Å². The fourth-order valence-corrected chi connectivity index (χ4v) is 3.75. The molecule has 16 heavy (non-hydrogen) atoms. The highest BCUT2D eigenvalue weighted by molar-refractivity contribution is 7.94. The van der Waals surface area contributed by atoms with Crippen molar-refractivity contribution in [2.45, 2.75) is 44.3 Å². The highest BCUT2D eigenvalue weighted by Crippen LogP contribution is 2.13. The molecule has 0 aliphatic carbocycles. The fourth-order valence-electron chi connectivity index (χ4n) is 2.50. The van der Waals surface area contributed by atoms with Crippen molar-refractivity contribution in [2.75, 3.05) is 12.3 Å². The van der Waals surface area contributed by atoms with Gasteiger partial charge in [0.05, 0.1) is 5.75 Å². The van der Waals surface area contributed by atoms with Crippen molar-refractivity contribution in [3.05, 3.63) is 11.5 Å². The van der Waals surface area contributed by atoms with E-state index >= 15 is 0 Å². The Morgan fingerprint density at radius 2 is 2.38 bits per heavy atom. The van der Waals surface area contributed by atoms with Crippen LogP contribution in [-0.2, 0) is 9.84 Å². The largest absolute Gasteiger partial charge is 0.314 e. The van der Waals surface area contributed by atoms with Gasteiger partial charge in [0.25, 0.3) is 0 Å². The predicted molar refractivity (Wildman–Crippen MR) is 65.0 cm³/mol. The quantitative estimate of drug-likeness (QED) is 0.752. The summed E-state index contributed by atoms with van der Waals surface area (Å²) in [6, 6.07) is 0.962. The van der Waals surface area contributed by atoms with Gasteiger partial charge in [0, 0.05) is 23.5 Å². The van der Waals surface area contributed by atoms with E-state index in [2.05, 4.69) is 17.6 Å². The fraction of sp³-hybridized carbons (Fsp3) is 0.818. The van der Waals surface area contributed by atoms with Crippen LogP contribution in [-0.4, -0.2) is 38.8 Å². The van der Waals surface area contributed by atoms with Crippen molar-refractivity contribution in [3.8, 4) is 0 Å². The molecule has 1 fully saturated rings. The number of sulfone groups is 1. The lowest BCUT2D eigenvalue weighted by molar-refractivity contribution is 0.428. The Labute approximate surface area is 97.4 Å². The summed E-state index contributed by atoms with van der Waals surface area (Å²) >= 11 is 0. The molecule has 0 aromatic carbocycles. The lowest BCUT2D eigenvalue weighted by atomic mass is 10.1. The molecule has 1 saturated heterocycles. The summed E-state index contributed by atoms with van der Waals surface area (Å²) in [4.78, 5) is 0. The van der Waals surface area contributed by atoms with Gasteiger partial charge >= 0.3 is 0 Å². The Morgan fingerprint density at radius 3 is 2.94 bits per heavy atom. The topological polar surface area (TPSA) is 58.2 Å². The van der Waals surface area contributed by atoms with E-state index in [1.54, 1.807) is 6.08 Å².